The van der Waals surface area contributed by atoms with Crippen LogP contribution in [0.1, 0.15) is 50.0 Å². The Morgan fingerprint density at radius 2 is 2.41 bits per heavy atom. The van der Waals surface area contributed by atoms with Gasteiger partial charge in [-0.2, -0.15) is 0 Å². The molecule has 1 aromatic rings. The van der Waals surface area contributed by atoms with Crippen LogP contribution in [0.2, 0.25) is 0 Å². The second kappa shape index (κ2) is 5.00. The van der Waals surface area contributed by atoms with Crippen LogP contribution in [0.5, 0.6) is 0 Å². The van der Waals surface area contributed by atoms with E-state index < -0.39 is 0 Å². The van der Waals surface area contributed by atoms with Crippen LogP contribution < -0.4 is 0 Å². The molecule has 4 heteroatoms. The number of hydrogen-bond donors (Lipinski definition) is 0. The van der Waals surface area contributed by atoms with Crippen molar-refractivity contribution in [2.75, 3.05) is 6.54 Å². The van der Waals surface area contributed by atoms with Crippen molar-refractivity contribution in [3.63, 3.8) is 0 Å². The third kappa shape index (κ3) is 2.75. The molecule has 0 aliphatic carbocycles. The van der Waals surface area contributed by atoms with E-state index in [1.165, 1.54) is 26.0 Å². The van der Waals surface area contributed by atoms with E-state index in [1.807, 2.05) is 0 Å². The average Bonchev–Trinajstić information content (AvgIpc) is 2.86. The number of Topliss-reactive ketones (excluding diaryl/α,β-unsaturated/α-hetero) is 1. The van der Waals surface area contributed by atoms with E-state index in [1.54, 1.807) is 0 Å². The second-order valence-electron chi connectivity index (χ2n) is 5.01. The predicted molar refractivity (Wildman–Crippen MR) is 65.1 cm³/mol. The lowest BCUT2D eigenvalue weighted by molar-refractivity contribution is 0.101. The van der Waals surface area contributed by atoms with E-state index in [0.717, 1.165) is 13.0 Å². The normalized spacial score (nSPS) is 21.3. The zero-order valence-electron chi connectivity index (χ0n) is 10.8. The first-order valence-corrected chi connectivity index (χ1v) is 6.29. The van der Waals surface area contributed by atoms with Crippen LogP contribution in [-0.2, 0) is 6.42 Å². The molecule has 2 rings (SSSR count). The number of likely N-dealkylation sites (tertiary alicyclic amines) is 1. The molecule has 1 saturated heterocycles. The Bertz CT molecular complexity index is 398. The summed E-state index contributed by atoms with van der Waals surface area (Å²) in [6, 6.07) is 1.07. The molecule has 0 N–H and O–H groups in total. The van der Waals surface area contributed by atoms with Gasteiger partial charge in [0, 0.05) is 25.4 Å². The van der Waals surface area contributed by atoms with Gasteiger partial charge in [-0.1, -0.05) is 0 Å². The van der Waals surface area contributed by atoms with Crippen LogP contribution in [0.4, 0.5) is 0 Å². The Labute approximate surface area is 102 Å². The van der Waals surface area contributed by atoms with Crippen molar-refractivity contribution in [2.45, 2.75) is 52.1 Å². The number of rotatable bonds is 4. The smallest absolute Gasteiger partial charge is 0.196 e. The van der Waals surface area contributed by atoms with Gasteiger partial charge in [0.25, 0.3) is 0 Å². The second-order valence-corrected chi connectivity index (χ2v) is 5.01. The molecule has 0 radical (unpaired) electrons. The van der Waals surface area contributed by atoms with Gasteiger partial charge < -0.3 is 4.42 Å². The molecule has 0 saturated carbocycles. The first kappa shape index (κ1) is 12.3. The molecule has 1 unspecified atom stereocenters. The number of ketones is 1. The molecular formula is C13H20N2O2. The number of hydrogen-bond acceptors (Lipinski definition) is 4. The summed E-state index contributed by atoms with van der Waals surface area (Å²) in [5, 5.41) is 0. The third-order valence-electron chi connectivity index (χ3n) is 3.41. The summed E-state index contributed by atoms with van der Waals surface area (Å²) >= 11 is 0. The van der Waals surface area contributed by atoms with Gasteiger partial charge in [-0.15, -0.1) is 0 Å². The van der Waals surface area contributed by atoms with E-state index in [2.05, 4.69) is 23.7 Å². The molecule has 94 valence electrons. The standard InChI is InChI=1S/C13H20N2O2/c1-9(2)15-6-4-5-11(15)7-13-14-12(8-17-13)10(3)16/h8-9,11H,4-7H2,1-3H3. The maximum absolute atomic E-state index is 11.1. The summed E-state index contributed by atoms with van der Waals surface area (Å²) in [5.41, 5.74) is 0.439. The predicted octanol–water partition coefficient (Wildman–Crippen LogP) is 2.29. The summed E-state index contributed by atoms with van der Waals surface area (Å²) in [6.45, 7) is 7.10. The van der Waals surface area contributed by atoms with Crippen molar-refractivity contribution in [3.05, 3.63) is 17.8 Å². The highest BCUT2D eigenvalue weighted by Crippen LogP contribution is 2.23. The Morgan fingerprint density at radius 1 is 1.65 bits per heavy atom. The molecule has 1 aromatic heterocycles. The van der Waals surface area contributed by atoms with Gasteiger partial charge >= 0.3 is 0 Å². The molecule has 4 nitrogen and oxygen atoms in total. The quantitative estimate of drug-likeness (QED) is 0.752. The van der Waals surface area contributed by atoms with Crippen LogP contribution in [0.25, 0.3) is 0 Å². The fraction of sp³-hybridized carbons (Fsp3) is 0.692. The van der Waals surface area contributed by atoms with E-state index >= 15 is 0 Å². The molecule has 0 spiro atoms. The van der Waals surface area contributed by atoms with Gasteiger partial charge in [0.2, 0.25) is 0 Å². The van der Waals surface area contributed by atoms with Crippen LogP contribution in [-0.4, -0.2) is 34.3 Å². The Kier molecular flexibility index (Phi) is 3.62. The Balaban J connectivity index is 2.02. The summed E-state index contributed by atoms with van der Waals surface area (Å²) in [6.07, 6.45) is 4.71. The average molecular weight is 236 g/mol. The Morgan fingerprint density at radius 3 is 3.00 bits per heavy atom. The number of carbonyl (C=O) groups is 1. The van der Waals surface area contributed by atoms with E-state index in [4.69, 9.17) is 4.42 Å². The summed E-state index contributed by atoms with van der Waals surface area (Å²) in [5.74, 6) is 0.653. The molecule has 2 heterocycles. The van der Waals surface area contributed by atoms with Gasteiger partial charge in [-0.3, -0.25) is 9.69 Å². The van der Waals surface area contributed by atoms with Crippen molar-refractivity contribution in [1.29, 1.82) is 0 Å². The van der Waals surface area contributed by atoms with Gasteiger partial charge in [0.1, 0.15) is 12.0 Å². The molecule has 1 atom stereocenters. The molecule has 1 fully saturated rings. The number of carbonyl (C=O) groups excluding carboxylic acids is 1. The highest BCUT2D eigenvalue weighted by atomic mass is 16.3. The Hall–Kier alpha value is -1.16. The maximum Gasteiger partial charge on any atom is 0.196 e. The van der Waals surface area contributed by atoms with Crippen LogP contribution in [0.15, 0.2) is 10.7 Å². The fourth-order valence-electron chi connectivity index (χ4n) is 2.52. The molecule has 0 amide bonds. The van der Waals surface area contributed by atoms with Gasteiger partial charge in [-0.25, -0.2) is 4.98 Å². The van der Waals surface area contributed by atoms with Crippen LogP contribution in [0, 0.1) is 0 Å². The zero-order valence-corrected chi connectivity index (χ0v) is 10.8. The van der Waals surface area contributed by atoms with E-state index in [9.17, 15) is 4.79 Å². The maximum atomic E-state index is 11.1. The SMILES string of the molecule is CC(=O)c1coc(CC2CCCN2C(C)C)n1. The minimum Gasteiger partial charge on any atom is -0.448 e. The van der Waals surface area contributed by atoms with Crippen molar-refractivity contribution in [2.24, 2.45) is 0 Å². The van der Waals surface area contributed by atoms with Crippen molar-refractivity contribution in [3.8, 4) is 0 Å². The molecular weight excluding hydrogens is 216 g/mol. The first-order valence-electron chi connectivity index (χ1n) is 6.29. The van der Waals surface area contributed by atoms with Crippen molar-refractivity contribution < 1.29 is 9.21 Å². The topological polar surface area (TPSA) is 46.3 Å². The molecule has 0 bridgehead atoms. The van der Waals surface area contributed by atoms with E-state index in [0.29, 0.717) is 23.7 Å². The largest absolute Gasteiger partial charge is 0.448 e. The van der Waals surface area contributed by atoms with Crippen LogP contribution >= 0.6 is 0 Å². The highest BCUT2D eigenvalue weighted by molar-refractivity contribution is 5.91. The first-order chi connectivity index (χ1) is 8.08. The summed E-state index contributed by atoms with van der Waals surface area (Å²) < 4.78 is 5.36. The van der Waals surface area contributed by atoms with E-state index in [-0.39, 0.29) is 5.78 Å². The van der Waals surface area contributed by atoms with Crippen LogP contribution in [0.3, 0.4) is 0 Å². The lowest BCUT2D eigenvalue weighted by Gasteiger charge is -2.27. The number of oxazole rings is 1. The number of aromatic nitrogens is 1. The zero-order chi connectivity index (χ0) is 12.4. The summed E-state index contributed by atoms with van der Waals surface area (Å²) in [4.78, 5) is 17.8. The van der Waals surface area contributed by atoms with Gasteiger partial charge in [-0.05, 0) is 33.2 Å². The lowest BCUT2D eigenvalue weighted by Crippen LogP contribution is -2.36. The summed E-state index contributed by atoms with van der Waals surface area (Å²) in [7, 11) is 0. The third-order valence-corrected chi connectivity index (χ3v) is 3.41. The van der Waals surface area contributed by atoms with Gasteiger partial charge in [0.05, 0.1) is 0 Å². The highest BCUT2D eigenvalue weighted by Gasteiger charge is 2.28. The molecule has 1 aliphatic heterocycles. The monoisotopic (exact) mass is 236 g/mol. The minimum atomic E-state index is -0.0351. The van der Waals surface area contributed by atoms with Gasteiger partial charge in [0.15, 0.2) is 11.7 Å². The lowest BCUT2D eigenvalue weighted by atomic mass is 10.1. The fourth-order valence-corrected chi connectivity index (χ4v) is 2.52. The number of nitrogens with zero attached hydrogens (tertiary/aromatic N) is 2. The van der Waals surface area contributed by atoms with Crippen molar-refractivity contribution in [1.82, 2.24) is 9.88 Å². The van der Waals surface area contributed by atoms with Crippen molar-refractivity contribution >= 4 is 5.78 Å². The molecule has 0 aromatic carbocycles. The minimum absolute atomic E-state index is 0.0351. The molecule has 17 heavy (non-hydrogen) atoms. The molecule has 1 aliphatic rings.